The Bertz CT molecular complexity index is 807. The van der Waals surface area contributed by atoms with E-state index in [1.54, 1.807) is 5.32 Å². The van der Waals surface area contributed by atoms with Crippen LogP contribution in [-0.4, -0.2) is 62.5 Å². The molecule has 1 fully saturated rings. The SMILES string of the molecule is NC(=O)[C@H](NC(=O)NCC(F)F)C(=O)Nc1ccc(N2CCOCC2=O)cc1F. The number of rotatable bonds is 7. The second-order valence-electron chi connectivity index (χ2n) is 5.83. The summed E-state index contributed by atoms with van der Waals surface area (Å²) in [5.41, 5.74) is 4.92. The van der Waals surface area contributed by atoms with Crippen molar-refractivity contribution in [1.82, 2.24) is 10.6 Å². The van der Waals surface area contributed by atoms with Crippen molar-refractivity contribution < 1.29 is 37.1 Å². The first-order valence-corrected chi connectivity index (χ1v) is 8.29. The number of nitrogens with one attached hydrogen (secondary N) is 3. The summed E-state index contributed by atoms with van der Waals surface area (Å²) in [5, 5.41) is 5.63. The number of ether oxygens (including phenoxy) is 1. The van der Waals surface area contributed by atoms with Gasteiger partial charge < -0.3 is 31.3 Å². The first-order valence-electron chi connectivity index (χ1n) is 8.29. The molecule has 1 atom stereocenters. The maximum absolute atomic E-state index is 14.3. The van der Waals surface area contributed by atoms with Gasteiger partial charge in [0.25, 0.3) is 18.2 Å². The van der Waals surface area contributed by atoms with E-state index in [0.29, 0.717) is 0 Å². The molecule has 1 aromatic carbocycles. The molecule has 0 aliphatic carbocycles. The monoisotopic (exact) mass is 417 g/mol. The number of benzene rings is 1. The number of nitrogens with two attached hydrogens (primary N) is 1. The van der Waals surface area contributed by atoms with Gasteiger partial charge in [-0.2, -0.15) is 0 Å². The summed E-state index contributed by atoms with van der Waals surface area (Å²) >= 11 is 0. The van der Waals surface area contributed by atoms with E-state index in [-0.39, 0.29) is 37.0 Å². The molecule has 0 aromatic heterocycles. The highest BCUT2D eigenvalue weighted by atomic mass is 19.3. The molecule has 0 bridgehead atoms. The number of nitrogens with zero attached hydrogens (tertiary/aromatic N) is 1. The topological polar surface area (TPSA) is 143 Å². The Morgan fingerprint density at radius 2 is 2.00 bits per heavy atom. The number of carbonyl (C=O) groups excluding carboxylic acids is 4. The Morgan fingerprint density at radius 3 is 2.59 bits per heavy atom. The Hall–Kier alpha value is -3.35. The van der Waals surface area contributed by atoms with Gasteiger partial charge in [0.05, 0.1) is 18.8 Å². The van der Waals surface area contributed by atoms with Crippen molar-refractivity contribution in [3.63, 3.8) is 0 Å². The number of hydrogen-bond acceptors (Lipinski definition) is 5. The predicted octanol–water partition coefficient (Wildman–Crippen LogP) is -0.454. The van der Waals surface area contributed by atoms with E-state index in [2.05, 4.69) is 5.32 Å². The molecule has 1 aromatic rings. The Kier molecular flexibility index (Phi) is 7.36. The molecule has 1 heterocycles. The average Bonchev–Trinajstić information content (AvgIpc) is 2.66. The highest BCUT2D eigenvalue weighted by Gasteiger charge is 2.28. The molecule has 1 aliphatic rings. The molecule has 0 unspecified atom stereocenters. The van der Waals surface area contributed by atoms with Crippen molar-refractivity contribution in [2.75, 3.05) is 36.5 Å². The number of hydrogen-bond donors (Lipinski definition) is 4. The van der Waals surface area contributed by atoms with Crippen molar-refractivity contribution in [2.45, 2.75) is 12.5 Å². The van der Waals surface area contributed by atoms with Gasteiger partial charge in [-0.15, -0.1) is 0 Å². The van der Waals surface area contributed by atoms with E-state index >= 15 is 0 Å². The van der Waals surface area contributed by atoms with Crippen LogP contribution in [0, 0.1) is 5.82 Å². The van der Waals surface area contributed by atoms with Crippen LogP contribution < -0.4 is 26.6 Å². The first-order chi connectivity index (χ1) is 13.7. The zero-order valence-corrected chi connectivity index (χ0v) is 14.9. The summed E-state index contributed by atoms with van der Waals surface area (Å²) < 4.78 is 43.5. The highest BCUT2D eigenvalue weighted by Crippen LogP contribution is 2.23. The third-order valence-electron chi connectivity index (χ3n) is 3.75. The molecule has 29 heavy (non-hydrogen) atoms. The van der Waals surface area contributed by atoms with Crippen LogP contribution in [0.4, 0.5) is 29.3 Å². The minimum Gasteiger partial charge on any atom is -0.370 e. The number of urea groups is 1. The lowest BCUT2D eigenvalue weighted by atomic mass is 10.2. The predicted molar refractivity (Wildman–Crippen MR) is 93.7 cm³/mol. The largest absolute Gasteiger partial charge is 0.370 e. The molecule has 0 spiro atoms. The molecule has 0 saturated carbocycles. The maximum Gasteiger partial charge on any atom is 0.316 e. The van der Waals surface area contributed by atoms with E-state index in [0.717, 1.165) is 12.1 Å². The van der Waals surface area contributed by atoms with Gasteiger partial charge in [-0.3, -0.25) is 14.4 Å². The van der Waals surface area contributed by atoms with Crippen LogP contribution in [0.25, 0.3) is 0 Å². The van der Waals surface area contributed by atoms with E-state index in [1.807, 2.05) is 5.32 Å². The van der Waals surface area contributed by atoms with Crippen LogP contribution in [0.1, 0.15) is 0 Å². The van der Waals surface area contributed by atoms with Crippen LogP contribution >= 0.6 is 0 Å². The third kappa shape index (κ3) is 6.07. The molecule has 5 N–H and O–H groups in total. The zero-order valence-electron chi connectivity index (χ0n) is 14.9. The van der Waals surface area contributed by atoms with E-state index in [1.165, 1.54) is 11.0 Å². The van der Waals surface area contributed by atoms with Crippen LogP contribution in [0.5, 0.6) is 0 Å². The van der Waals surface area contributed by atoms with Crippen LogP contribution in [0.15, 0.2) is 18.2 Å². The van der Waals surface area contributed by atoms with Gasteiger partial charge >= 0.3 is 6.03 Å². The van der Waals surface area contributed by atoms with Crippen molar-refractivity contribution in [3.8, 4) is 0 Å². The molecule has 2 rings (SSSR count). The van der Waals surface area contributed by atoms with E-state index in [9.17, 15) is 32.3 Å². The van der Waals surface area contributed by atoms with Crippen molar-refractivity contribution in [1.29, 1.82) is 0 Å². The lowest BCUT2D eigenvalue weighted by Crippen LogP contribution is -2.54. The van der Waals surface area contributed by atoms with Gasteiger partial charge in [-0.1, -0.05) is 0 Å². The molecule has 0 radical (unpaired) electrons. The second-order valence-corrected chi connectivity index (χ2v) is 5.83. The van der Waals surface area contributed by atoms with Gasteiger partial charge in [0, 0.05) is 12.2 Å². The average molecular weight is 417 g/mol. The van der Waals surface area contributed by atoms with Gasteiger partial charge in [-0.05, 0) is 18.2 Å². The maximum atomic E-state index is 14.3. The van der Waals surface area contributed by atoms with Crippen molar-refractivity contribution in [3.05, 3.63) is 24.0 Å². The molecular formula is C16H18F3N5O5. The summed E-state index contributed by atoms with van der Waals surface area (Å²) in [6.07, 6.45) is -2.84. The number of amides is 5. The Balaban J connectivity index is 2.06. The summed E-state index contributed by atoms with van der Waals surface area (Å²) in [4.78, 5) is 48.1. The molecule has 158 valence electrons. The van der Waals surface area contributed by atoms with Gasteiger partial charge in [0.1, 0.15) is 12.4 Å². The standard InChI is InChI=1S/C16H18F3N5O5/c17-9-5-8(24-3-4-29-7-12(24)25)1-2-10(9)22-15(27)13(14(20)26)23-16(28)21-6-11(18)19/h1-2,5,11,13H,3-4,6-7H2,(H2,20,26)(H,22,27)(H2,21,23,28)/t13-/m0/s1. The van der Waals surface area contributed by atoms with Gasteiger partial charge in [0.2, 0.25) is 5.91 Å². The number of primary amides is 1. The number of halogens is 3. The number of morpholine rings is 1. The molecule has 5 amide bonds. The minimum atomic E-state index is -2.84. The number of alkyl halides is 2. The lowest BCUT2D eigenvalue weighted by Gasteiger charge is -2.27. The Labute approximate surface area is 162 Å². The van der Waals surface area contributed by atoms with Crippen LogP contribution in [0.2, 0.25) is 0 Å². The minimum absolute atomic E-state index is 0.139. The summed E-state index contributed by atoms with van der Waals surface area (Å²) in [7, 11) is 0. The number of carbonyl (C=O) groups is 4. The van der Waals surface area contributed by atoms with Gasteiger partial charge in [0.15, 0.2) is 6.04 Å². The van der Waals surface area contributed by atoms with E-state index in [4.69, 9.17) is 10.5 Å². The smallest absolute Gasteiger partial charge is 0.316 e. The summed E-state index contributed by atoms with van der Waals surface area (Å²) in [5.74, 6) is -3.75. The highest BCUT2D eigenvalue weighted by molar-refractivity contribution is 6.11. The lowest BCUT2D eigenvalue weighted by molar-refractivity contribution is -0.128. The fourth-order valence-electron chi connectivity index (χ4n) is 2.39. The fraction of sp³-hybridized carbons (Fsp3) is 0.375. The molecule has 10 nitrogen and oxygen atoms in total. The van der Waals surface area contributed by atoms with Crippen molar-refractivity contribution in [2.24, 2.45) is 5.73 Å². The third-order valence-corrected chi connectivity index (χ3v) is 3.75. The first kappa shape index (κ1) is 21.9. The molecule has 1 aliphatic heterocycles. The molecule has 1 saturated heterocycles. The zero-order chi connectivity index (χ0) is 21.6. The fourth-order valence-corrected chi connectivity index (χ4v) is 2.39. The summed E-state index contributed by atoms with van der Waals surface area (Å²) in [6.45, 7) is -0.633. The quantitative estimate of drug-likeness (QED) is 0.444. The van der Waals surface area contributed by atoms with E-state index < -0.39 is 42.7 Å². The summed E-state index contributed by atoms with van der Waals surface area (Å²) in [6, 6.07) is 0.351. The van der Waals surface area contributed by atoms with Crippen molar-refractivity contribution >= 4 is 35.1 Å². The molecular weight excluding hydrogens is 399 g/mol. The molecule has 13 heteroatoms. The Morgan fingerprint density at radius 1 is 1.28 bits per heavy atom. The second kappa shape index (κ2) is 9.73. The van der Waals surface area contributed by atoms with Gasteiger partial charge in [-0.25, -0.2) is 18.0 Å². The normalized spacial score (nSPS) is 15.0. The van der Waals surface area contributed by atoms with Crippen LogP contribution in [0.3, 0.4) is 0 Å². The number of anilines is 2. The van der Waals surface area contributed by atoms with Crippen LogP contribution in [-0.2, 0) is 19.1 Å².